The number of carbonyl (C=O) groups is 1. The third-order valence-corrected chi connectivity index (χ3v) is 4.15. The Kier molecular flexibility index (Phi) is 4.94. The van der Waals surface area contributed by atoms with Gasteiger partial charge in [-0.3, -0.25) is 4.79 Å². The second-order valence-electron chi connectivity index (χ2n) is 3.27. The predicted octanol–water partition coefficient (Wildman–Crippen LogP) is 0.717. The van der Waals surface area contributed by atoms with E-state index in [1.807, 2.05) is 0 Å². The molecule has 0 saturated heterocycles. The van der Waals surface area contributed by atoms with E-state index in [0.29, 0.717) is 0 Å². The lowest BCUT2D eigenvalue weighted by atomic mass is 10.3. The molecule has 1 aromatic rings. The van der Waals surface area contributed by atoms with Crippen molar-refractivity contribution in [1.82, 2.24) is 4.72 Å². The fourth-order valence-electron chi connectivity index (χ4n) is 1.10. The van der Waals surface area contributed by atoms with Gasteiger partial charge in [0.2, 0.25) is 10.0 Å². The molecule has 1 rings (SSSR count). The van der Waals surface area contributed by atoms with Crippen molar-refractivity contribution in [3.8, 4) is 0 Å². The number of carboxylic acids is 1. The summed E-state index contributed by atoms with van der Waals surface area (Å²) >= 11 is 11.3. The van der Waals surface area contributed by atoms with Crippen LogP contribution in [-0.2, 0) is 14.8 Å². The van der Waals surface area contributed by atoms with Gasteiger partial charge in [-0.1, -0.05) is 23.2 Å². The summed E-state index contributed by atoms with van der Waals surface area (Å²) < 4.78 is 25.5. The van der Waals surface area contributed by atoms with E-state index in [9.17, 15) is 13.2 Å². The van der Waals surface area contributed by atoms with E-state index in [2.05, 4.69) is 0 Å². The Morgan fingerprint density at radius 2 is 2.00 bits per heavy atom. The van der Waals surface area contributed by atoms with Crippen LogP contribution >= 0.6 is 23.2 Å². The van der Waals surface area contributed by atoms with Crippen molar-refractivity contribution in [3.63, 3.8) is 0 Å². The van der Waals surface area contributed by atoms with Crippen LogP contribution in [0.25, 0.3) is 0 Å². The first-order valence-corrected chi connectivity index (χ1v) is 6.83. The van der Waals surface area contributed by atoms with Crippen LogP contribution in [0.15, 0.2) is 23.1 Å². The summed E-state index contributed by atoms with van der Waals surface area (Å²) in [4.78, 5) is 10.3. The highest BCUT2D eigenvalue weighted by atomic mass is 35.5. The van der Waals surface area contributed by atoms with Crippen LogP contribution in [0.4, 0.5) is 0 Å². The van der Waals surface area contributed by atoms with Crippen LogP contribution in [-0.4, -0.2) is 37.2 Å². The Morgan fingerprint density at radius 3 is 2.50 bits per heavy atom. The maximum Gasteiger partial charge on any atom is 0.324 e. The van der Waals surface area contributed by atoms with Crippen LogP contribution in [0, 0.1) is 0 Å². The zero-order valence-electron chi connectivity index (χ0n) is 8.80. The summed E-state index contributed by atoms with van der Waals surface area (Å²) in [6.07, 6.45) is 0. The minimum absolute atomic E-state index is 0.103. The van der Waals surface area contributed by atoms with Crippen molar-refractivity contribution in [2.75, 3.05) is 6.61 Å². The van der Waals surface area contributed by atoms with Crippen LogP contribution in [0.2, 0.25) is 10.0 Å². The number of rotatable bonds is 5. The van der Waals surface area contributed by atoms with Crippen LogP contribution < -0.4 is 4.72 Å². The van der Waals surface area contributed by atoms with Gasteiger partial charge in [0.25, 0.3) is 0 Å². The lowest BCUT2D eigenvalue weighted by molar-refractivity contribution is -0.139. The third kappa shape index (κ3) is 3.56. The van der Waals surface area contributed by atoms with Crippen LogP contribution in [0.1, 0.15) is 0 Å². The minimum Gasteiger partial charge on any atom is -0.480 e. The fourth-order valence-corrected chi connectivity index (χ4v) is 3.04. The summed E-state index contributed by atoms with van der Waals surface area (Å²) in [5.41, 5.74) is 0. The Hall–Kier alpha value is -0.860. The molecule has 0 fully saturated rings. The Balaban J connectivity index is 3.14. The zero-order chi connectivity index (χ0) is 13.9. The van der Waals surface area contributed by atoms with Crippen LogP contribution in [0.3, 0.4) is 0 Å². The number of hydrogen-bond acceptors (Lipinski definition) is 4. The van der Waals surface area contributed by atoms with Gasteiger partial charge in [-0.2, -0.15) is 4.72 Å². The Morgan fingerprint density at radius 1 is 1.39 bits per heavy atom. The van der Waals surface area contributed by atoms with Gasteiger partial charge in [-0.05, 0) is 18.2 Å². The molecule has 0 aliphatic carbocycles. The zero-order valence-corrected chi connectivity index (χ0v) is 11.1. The smallest absolute Gasteiger partial charge is 0.324 e. The summed E-state index contributed by atoms with van der Waals surface area (Å²) in [6.45, 7) is -0.882. The summed E-state index contributed by atoms with van der Waals surface area (Å²) in [7, 11) is -4.18. The predicted molar refractivity (Wildman–Crippen MR) is 65.3 cm³/mol. The number of aliphatic carboxylic acids is 1. The van der Waals surface area contributed by atoms with Gasteiger partial charge in [-0.25, -0.2) is 8.42 Å². The molecule has 1 unspecified atom stereocenters. The molecule has 0 bridgehead atoms. The van der Waals surface area contributed by atoms with Gasteiger partial charge >= 0.3 is 5.97 Å². The van der Waals surface area contributed by atoms with E-state index in [1.54, 1.807) is 4.72 Å². The van der Waals surface area contributed by atoms with E-state index >= 15 is 0 Å². The first-order chi connectivity index (χ1) is 8.27. The molecule has 6 nitrogen and oxygen atoms in total. The average molecular weight is 314 g/mol. The summed E-state index contributed by atoms with van der Waals surface area (Å²) in [5.74, 6) is -1.50. The minimum atomic E-state index is -4.18. The molecule has 0 aliphatic heterocycles. The number of aliphatic hydroxyl groups excluding tert-OH is 1. The number of halogens is 2. The van der Waals surface area contributed by atoms with Gasteiger partial charge in [0.15, 0.2) is 0 Å². The normalized spacial score (nSPS) is 13.3. The largest absolute Gasteiger partial charge is 0.480 e. The van der Waals surface area contributed by atoms with Crippen molar-refractivity contribution in [3.05, 3.63) is 28.2 Å². The van der Waals surface area contributed by atoms with E-state index in [4.69, 9.17) is 33.4 Å². The summed E-state index contributed by atoms with van der Waals surface area (Å²) in [6, 6.07) is 2.10. The second kappa shape index (κ2) is 5.85. The summed E-state index contributed by atoms with van der Waals surface area (Å²) in [5, 5.41) is 17.5. The molecular formula is C9H9Cl2NO5S. The Labute approximate surface area is 113 Å². The van der Waals surface area contributed by atoms with Crippen molar-refractivity contribution in [2.24, 2.45) is 0 Å². The molecule has 0 heterocycles. The number of benzene rings is 1. The topological polar surface area (TPSA) is 104 Å². The number of carboxylic acid groups (broad SMARTS) is 1. The average Bonchev–Trinajstić information content (AvgIpc) is 2.28. The van der Waals surface area contributed by atoms with Gasteiger partial charge in [0.1, 0.15) is 10.9 Å². The molecule has 3 N–H and O–H groups in total. The first-order valence-electron chi connectivity index (χ1n) is 4.59. The lowest BCUT2D eigenvalue weighted by Crippen LogP contribution is -2.43. The Bertz CT molecular complexity index is 560. The second-order valence-corrected chi connectivity index (χ2v) is 5.80. The van der Waals surface area contributed by atoms with E-state index in [1.165, 1.54) is 12.1 Å². The molecule has 0 amide bonds. The number of aliphatic hydroxyl groups is 1. The van der Waals surface area contributed by atoms with Crippen molar-refractivity contribution < 1.29 is 23.4 Å². The van der Waals surface area contributed by atoms with E-state index in [-0.39, 0.29) is 14.9 Å². The van der Waals surface area contributed by atoms with Crippen molar-refractivity contribution in [1.29, 1.82) is 0 Å². The molecule has 0 radical (unpaired) electrons. The van der Waals surface area contributed by atoms with Gasteiger partial charge in [0.05, 0.1) is 11.6 Å². The van der Waals surface area contributed by atoms with Crippen molar-refractivity contribution >= 4 is 39.2 Å². The van der Waals surface area contributed by atoms with E-state index < -0.39 is 28.6 Å². The molecule has 1 aromatic carbocycles. The molecule has 0 saturated carbocycles. The molecule has 9 heteroatoms. The first kappa shape index (κ1) is 15.2. The molecule has 0 aliphatic rings. The molecule has 0 spiro atoms. The SMILES string of the molecule is O=C(O)C(CO)NS(=O)(=O)c1cc(Cl)ccc1Cl. The highest BCUT2D eigenvalue weighted by Crippen LogP contribution is 2.24. The maximum absolute atomic E-state index is 11.9. The van der Waals surface area contributed by atoms with Gasteiger partial charge < -0.3 is 10.2 Å². The van der Waals surface area contributed by atoms with Gasteiger partial charge in [-0.15, -0.1) is 0 Å². The molecule has 18 heavy (non-hydrogen) atoms. The third-order valence-electron chi connectivity index (χ3n) is 1.96. The molecular weight excluding hydrogens is 305 g/mol. The fraction of sp³-hybridized carbons (Fsp3) is 0.222. The van der Waals surface area contributed by atoms with Gasteiger partial charge in [0, 0.05) is 5.02 Å². The molecule has 100 valence electrons. The van der Waals surface area contributed by atoms with Crippen LogP contribution in [0.5, 0.6) is 0 Å². The number of sulfonamides is 1. The number of nitrogens with one attached hydrogen (secondary N) is 1. The molecule has 1 atom stereocenters. The quantitative estimate of drug-likeness (QED) is 0.743. The molecule has 0 aromatic heterocycles. The highest BCUT2D eigenvalue weighted by Gasteiger charge is 2.26. The van der Waals surface area contributed by atoms with Crippen molar-refractivity contribution in [2.45, 2.75) is 10.9 Å². The monoisotopic (exact) mass is 313 g/mol. The van der Waals surface area contributed by atoms with E-state index in [0.717, 1.165) is 6.07 Å². The lowest BCUT2D eigenvalue weighted by Gasteiger charge is -2.13. The number of hydrogen-bond donors (Lipinski definition) is 3. The standard InChI is InChI=1S/C9H9Cl2NO5S/c10-5-1-2-6(11)8(3-5)18(16,17)12-7(4-13)9(14)15/h1-3,7,12-13H,4H2,(H,14,15). The highest BCUT2D eigenvalue weighted by molar-refractivity contribution is 7.89. The maximum atomic E-state index is 11.9.